The fourth-order valence-electron chi connectivity index (χ4n) is 4.10. The largest absolute Gasteiger partial charge is 0.457 e. The average Bonchev–Trinajstić information content (AvgIpc) is 3.26. The maximum absolute atomic E-state index is 13.2. The standard InChI is InChI=1S/C27H39NO6S/c1-16-8-7-9-17(2)25(32)19(4)26(33)27(5,6)22(30)13-24(31)34-21(11-10-16)18(3)12-20-15-35-23(14-29)28-20/h7-8,10,12,15,17,19,21-22,25,29-30,32H,9,11,13-14H2,1-6H3/b8-7+,16-10+,18-12+/t17-,19+,21-,22-,25-/m0/s1. The molecule has 0 unspecified atom stereocenters. The number of Topliss-reactive ketones (excluding diaryl/α,β-unsaturated/α-hetero) is 1. The number of cyclic esters (lactones) is 1. The van der Waals surface area contributed by atoms with E-state index in [1.165, 1.54) is 11.3 Å². The van der Waals surface area contributed by atoms with Crippen LogP contribution in [0.5, 0.6) is 0 Å². The summed E-state index contributed by atoms with van der Waals surface area (Å²) in [7, 11) is 0. The summed E-state index contributed by atoms with van der Waals surface area (Å²) in [5.74, 6) is -1.74. The smallest absolute Gasteiger partial charge is 0.309 e. The highest BCUT2D eigenvalue weighted by Crippen LogP contribution is 2.32. The number of nitrogens with zero attached hydrogens (tertiary/aromatic N) is 1. The summed E-state index contributed by atoms with van der Waals surface area (Å²) in [5.41, 5.74) is 1.20. The fraction of sp³-hybridized carbons (Fsp3) is 0.593. The van der Waals surface area contributed by atoms with Crippen LogP contribution in [0.2, 0.25) is 0 Å². The van der Waals surface area contributed by atoms with Gasteiger partial charge in [0.05, 0.1) is 36.3 Å². The minimum absolute atomic E-state index is 0.134. The zero-order valence-corrected chi connectivity index (χ0v) is 22.3. The molecule has 8 heteroatoms. The van der Waals surface area contributed by atoms with Crippen molar-refractivity contribution in [1.82, 2.24) is 4.98 Å². The maximum Gasteiger partial charge on any atom is 0.309 e. The van der Waals surface area contributed by atoms with Crippen LogP contribution in [0, 0.1) is 17.3 Å². The molecular weight excluding hydrogens is 466 g/mol. The first-order chi connectivity index (χ1) is 16.4. The van der Waals surface area contributed by atoms with Crippen molar-refractivity contribution < 1.29 is 29.6 Å². The minimum Gasteiger partial charge on any atom is -0.457 e. The summed E-state index contributed by atoms with van der Waals surface area (Å²) in [6.45, 7) is 10.4. The quantitative estimate of drug-likeness (QED) is 0.527. The number of hydrogen-bond donors (Lipinski definition) is 3. The molecule has 1 aromatic heterocycles. The number of ether oxygens (including phenoxy) is 1. The normalized spacial score (nSPS) is 32.0. The number of hydrogen-bond acceptors (Lipinski definition) is 8. The Kier molecular flexibility index (Phi) is 10.6. The molecule has 0 bridgehead atoms. The molecule has 1 aromatic rings. The highest BCUT2D eigenvalue weighted by Gasteiger charge is 2.42. The van der Waals surface area contributed by atoms with E-state index in [1.807, 2.05) is 50.5 Å². The Labute approximate surface area is 212 Å². The van der Waals surface area contributed by atoms with Crippen LogP contribution < -0.4 is 0 Å². The molecule has 0 aliphatic carbocycles. The van der Waals surface area contributed by atoms with Crippen LogP contribution >= 0.6 is 11.3 Å². The maximum atomic E-state index is 13.2. The number of carbonyl (C=O) groups is 2. The molecule has 2 rings (SSSR count). The van der Waals surface area contributed by atoms with E-state index < -0.39 is 35.6 Å². The van der Waals surface area contributed by atoms with Gasteiger partial charge in [0.25, 0.3) is 0 Å². The lowest BCUT2D eigenvalue weighted by atomic mass is 9.73. The van der Waals surface area contributed by atoms with Crippen molar-refractivity contribution in [3.63, 3.8) is 0 Å². The molecule has 3 N–H and O–H groups in total. The number of allylic oxidation sites excluding steroid dienone is 3. The predicted molar refractivity (Wildman–Crippen MR) is 137 cm³/mol. The molecule has 0 aromatic carbocycles. The summed E-state index contributed by atoms with van der Waals surface area (Å²) >= 11 is 1.35. The van der Waals surface area contributed by atoms with Gasteiger partial charge in [-0.15, -0.1) is 11.3 Å². The molecule has 5 atom stereocenters. The third-order valence-corrected chi connectivity index (χ3v) is 7.59. The van der Waals surface area contributed by atoms with Crippen LogP contribution in [0.3, 0.4) is 0 Å². The van der Waals surface area contributed by atoms with Crippen molar-refractivity contribution in [2.45, 2.75) is 85.7 Å². The van der Waals surface area contributed by atoms with Gasteiger partial charge >= 0.3 is 5.97 Å². The van der Waals surface area contributed by atoms with Crippen molar-refractivity contribution in [1.29, 1.82) is 0 Å². The lowest BCUT2D eigenvalue weighted by Crippen LogP contribution is -2.45. The zero-order valence-electron chi connectivity index (χ0n) is 21.5. The Morgan fingerprint density at radius 1 is 1.26 bits per heavy atom. The van der Waals surface area contributed by atoms with Gasteiger partial charge in [-0.1, -0.05) is 51.5 Å². The van der Waals surface area contributed by atoms with Gasteiger partial charge in [0.1, 0.15) is 16.9 Å². The Hall–Kier alpha value is -2.13. The van der Waals surface area contributed by atoms with Crippen molar-refractivity contribution in [2.24, 2.45) is 17.3 Å². The van der Waals surface area contributed by atoms with Crippen LogP contribution in [0.4, 0.5) is 0 Å². The molecular formula is C27H39NO6S. The minimum atomic E-state index is -1.26. The number of rotatable bonds is 3. The number of esters is 1. The molecule has 1 aliphatic rings. The molecule has 0 saturated carbocycles. The molecule has 0 fully saturated rings. The highest BCUT2D eigenvalue weighted by molar-refractivity contribution is 7.09. The topological polar surface area (TPSA) is 117 Å². The van der Waals surface area contributed by atoms with Crippen molar-refractivity contribution >= 4 is 29.2 Å². The number of ketones is 1. The van der Waals surface area contributed by atoms with Gasteiger partial charge in [0.15, 0.2) is 0 Å². The molecule has 0 spiro atoms. The summed E-state index contributed by atoms with van der Waals surface area (Å²) in [6.07, 6.45) is 5.71. The van der Waals surface area contributed by atoms with Gasteiger partial charge < -0.3 is 20.1 Å². The number of thiazole rings is 1. The number of aromatic nitrogens is 1. The SMILES string of the molecule is CC1=C\C[C@@H](/C(C)=C/c2csc(CO)n2)OC(=O)C[C@H](O)C(C)(C)C(=O)[C@H](C)[C@@H](O)[C@@H](C)C\C=C\1. The van der Waals surface area contributed by atoms with Gasteiger partial charge in [-0.2, -0.15) is 0 Å². The third kappa shape index (κ3) is 7.93. The van der Waals surface area contributed by atoms with Gasteiger partial charge in [0.2, 0.25) is 0 Å². The highest BCUT2D eigenvalue weighted by atomic mass is 32.1. The van der Waals surface area contributed by atoms with Gasteiger partial charge in [-0.3, -0.25) is 9.59 Å². The second-order valence-electron chi connectivity index (χ2n) is 10.1. The fourth-order valence-corrected chi connectivity index (χ4v) is 4.72. The van der Waals surface area contributed by atoms with E-state index in [9.17, 15) is 24.9 Å². The van der Waals surface area contributed by atoms with E-state index in [4.69, 9.17) is 4.74 Å². The van der Waals surface area contributed by atoms with E-state index in [0.29, 0.717) is 23.5 Å². The van der Waals surface area contributed by atoms with Gasteiger partial charge in [-0.05, 0) is 37.8 Å². The van der Waals surface area contributed by atoms with Crippen molar-refractivity contribution in [3.8, 4) is 0 Å². The Bertz CT molecular complexity index is 976. The lowest BCUT2D eigenvalue weighted by Gasteiger charge is -2.34. The summed E-state index contributed by atoms with van der Waals surface area (Å²) in [4.78, 5) is 30.3. The van der Waals surface area contributed by atoms with Crippen LogP contribution in [0.15, 0.2) is 34.8 Å². The van der Waals surface area contributed by atoms with Crippen molar-refractivity contribution in [2.75, 3.05) is 0 Å². The van der Waals surface area contributed by atoms with Gasteiger partial charge in [0, 0.05) is 17.7 Å². The van der Waals surface area contributed by atoms with E-state index in [-0.39, 0.29) is 24.7 Å². The van der Waals surface area contributed by atoms with Crippen LogP contribution in [-0.2, 0) is 20.9 Å². The molecule has 2 heterocycles. The van der Waals surface area contributed by atoms with Crippen LogP contribution in [-0.4, -0.2) is 50.4 Å². The Morgan fingerprint density at radius 3 is 2.57 bits per heavy atom. The number of aliphatic hydroxyl groups excluding tert-OH is 3. The monoisotopic (exact) mass is 505 g/mol. The average molecular weight is 506 g/mol. The van der Waals surface area contributed by atoms with Crippen LogP contribution in [0.1, 0.15) is 71.5 Å². The molecule has 1 aliphatic heterocycles. The lowest BCUT2D eigenvalue weighted by molar-refractivity contribution is -0.154. The molecule has 7 nitrogen and oxygen atoms in total. The first-order valence-corrected chi connectivity index (χ1v) is 12.9. The van der Waals surface area contributed by atoms with Crippen molar-refractivity contribution in [3.05, 3.63) is 45.5 Å². The molecule has 0 amide bonds. The van der Waals surface area contributed by atoms with E-state index in [2.05, 4.69) is 4.98 Å². The predicted octanol–water partition coefficient (Wildman–Crippen LogP) is 4.23. The van der Waals surface area contributed by atoms with Crippen LogP contribution in [0.25, 0.3) is 6.08 Å². The zero-order chi connectivity index (χ0) is 26.3. The number of aliphatic hydroxyl groups is 3. The molecule has 194 valence electrons. The molecule has 0 saturated heterocycles. The second-order valence-corrected chi connectivity index (χ2v) is 11.0. The first kappa shape index (κ1) is 29.1. The Balaban J connectivity index is 2.37. The molecule has 0 radical (unpaired) electrons. The second kappa shape index (κ2) is 12.7. The Morgan fingerprint density at radius 2 is 1.94 bits per heavy atom. The van der Waals surface area contributed by atoms with E-state index in [0.717, 1.165) is 11.1 Å². The first-order valence-electron chi connectivity index (χ1n) is 12.0. The summed E-state index contributed by atoms with van der Waals surface area (Å²) in [5, 5.41) is 33.2. The molecule has 35 heavy (non-hydrogen) atoms. The third-order valence-electron chi connectivity index (χ3n) is 6.74. The van der Waals surface area contributed by atoms with E-state index in [1.54, 1.807) is 20.8 Å². The number of carbonyl (C=O) groups excluding carboxylic acids is 2. The summed E-state index contributed by atoms with van der Waals surface area (Å²) in [6, 6.07) is 0. The summed E-state index contributed by atoms with van der Waals surface area (Å²) < 4.78 is 5.76. The van der Waals surface area contributed by atoms with E-state index >= 15 is 0 Å². The van der Waals surface area contributed by atoms with Gasteiger partial charge in [-0.25, -0.2) is 4.98 Å².